The molecule has 1 aromatic carbocycles. The molecule has 0 spiro atoms. The van der Waals surface area contributed by atoms with Crippen LogP contribution in [0.1, 0.15) is 17.0 Å². The summed E-state index contributed by atoms with van der Waals surface area (Å²) in [6.07, 6.45) is 1.66. The fourth-order valence-corrected chi connectivity index (χ4v) is 2.94. The molecule has 1 aliphatic heterocycles. The molecule has 122 valence electrons. The molecule has 4 rings (SSSR count). The first-order valence-corrected chi connectivity index (χ1v) is 7.81. The lowest BCUT2D eigenvalue weighted by molar-refractivity contribution is -0.118. The number of aromatic nitrogens is 2. The van der Waals surface area contributed by atoms with Crippen molar-refractivity contribution in [1.82, 2.24) is 14.9 Å². The molecule has 0 saturated carbocycles. The summed E-state index contributed by atoms with van der Waals surface area (Å²) in [5, 5.41) is 2.68. The van der Waals surface area contributed by atoms with Gasteiger partial charge >= 0.3 is 0 Å². The number of furan rings is 1. The molecule has 2 aromatic heterocycles. The molecule has 7 nitrogen and oxygen atoms in total. The summed E-state index contributed by atoms with van der Waals surface area (Å²) in [6.45, 7) is 1.60. The summed E-state index contributed by atoms with van der Waals surface area (Å²) in [5.74, 6) is 0.550. The molecule has 1 N–H and O–H groups in total. The maximum absolute atomic E-state index is 12.5. The second kappa shape index (κ2) is 5.84. The van der Waals surface area contributed by atoms with Crippen molar-refractivity contribution in [2.75, 3.05) is 18.0 Å². The van der Waals surface area contributed by atoms with Gasteiger partial charge in [-0.3, -0.25) is 14.5 Å². The maximum atomic E-state index is 12.5. The number of nitrogens with one attached hydrogen (secondary N) is 1. The Morgan fingerprint density at radius 3 is 2.88 bits per heavy atom. The Hall–Kier alpha value is -3.09. The Morgan fingerprint density at radius 1 is 1.17 bits per heavy atom. The van der Waals surface area contributed by atoms with E-state index in [9.17, 15) is 9.59 Å². The molecule has 0 aliphatic carbocycles. The van der Waals surface area contributed by atoms with E-state index in [1.54, 1.807) is 17.0 Å². The van der Waals surface area contributed by atoms with Crippen molar-refractivity contribution >= 4 is 28.8 Å². The lowest BCUT2D eigenvalue weighted by Gasteiger charge is -2.13. The van der Waals surface area contributed by atoms with E-state index < -0.39 is 0 Å². The number of hydrogen-bond donors (Lipinski definition) is 1. The summed E-state index contributed by atoms with van der Waals surface area (Å²) < 4.78 is 7.06. The lowest BCUT2D eigenvalue weighted by atomic mass is 10.3. The van der Waals surface area contributed by atoms with Crippen LogP contribution in [-0.2, 0) is 11.3 Å². The molecule has 0 bridgehead atoms. The van der Waals surface area contributed by atoms with Crippen LogP contribution in [-0.4, -0.2) is 34.5 Å². The molecule has 0 atom stereocenters. The molecular formula is C17H16N4O3. The number of anilines is 1. The van der Waals surface area contributed by atoms with Crippen molar-refractivity contribution in [3.05, 3.63) is 48.4 Å². The highest BCUT2D eigenvalue weighted by Gasteiger charge is 2.27. The van der Waals surface area contributed by atoms with Crippen LogP contribution >= 0.6 is 0 Å². The Balaban J connectivity index is 1.41. The van der Waals surface area contributed by atoms with Crippen LogP contribution in [0.4, 0.5) is 5.95 Å². The van der Waals surface area contributed by atoms with E-state index in [1.807, 2.05) is 24.3 Å². The van der Waals surface area contributed by atoms with Crippen LogP contribution in [0, 0.1) is 0 Å². The minimum atomic E-state index is -0.318. The first-order valence-electron chi connectivity index (χ1n) is 7.81. The van der Waals surface area contributed by atoms with Crippen LogP contribution < -0.4 is 10.2 Å². The third-order valence-corrected chi connectivity index (χ3v) is 4.09. The summed E-state index contributed by atoms with van der Waals surface area (Å²) in [4.78, 5) is 30.5. The molecule has 0 fully saturated rings. The zero-order valence-electron chi connectivity index (χ0n) is 12.9. The number of fused-ring (bicyclic) bond motifs is 3. The topological polar surface area (TPSA) is 80.4 Å². The normalized spacial score (nSPS) is 13.2. The van der Waals surface area contributed by atoms with Crippen LogP contribution in [0.25, 0.3) is 11.0 Å². The summed E-state index contributed by atoms with van der Waals surface area (Å²) in [6, 6.07) is 11.1. The van der Waals surface area contributed by atoms with Gasteiger partial charge < -0.3 is 14.3 Å². The van der Waals surface area contributed by atoms with E-state index in [4.69, 9.17) is 4.42 Å². The molecule has 3 aromatic rings. The highest BCUT2D eigenvalue weighted by atomic mass is 16.3. The van der Waals surface area contributed by atoms with Crippen molar-refractivity contribution in [2.45, 2.75) is 13.0 Å². The minimum Gasteiger partial charge on any atom is -0.459 e. The van der Waals surface area contributed by atoms with Crippen molar-refractivity contribution in [1.29, 1.82) is 0 Å². The van der Waals surface area contributed by atoms with Gasteiger partial charge in [0.25, 0.3) is 5.91 Å². The molecule has 0 unspecified atom stereocenters. The molecule has 0 radical (unpaired) electrons. The van der Waals surface area contributed by atoms with Gasteiger partial charge in [0.05, 0.1) is 17.3 Å². The predicted octanol–water partition coefficient (Wildman–Crippen LogP) is 1.80. The largest absolute Gasteiger partial charge is 0.459 e. The summed E-state index contributed by atoms with van der Waals surface area (Å²) in [5.41, 5.74) is 1.92. The number of imidazole rings is 1. The average Bonchev–Trinajstić information content (AvgIpc) is 3.30. The van der Waals surface area contributed by atoms with Crippen LogP contribution in [0.15, 0.2) is 47.1 Å². The number of nitrogens with zero attached hydrogens (tertiary/aromatic N) is 3. The summed E-state index contributed by atoms with van der Waals surface area (Å²) >= 11 is 0. The highest BCUT2D eigenvalue weighted by Crippen LogP contribution is 2.27. The van der Waals surface area contributed by atoms with Crippen molar-refractivity contribution in [3.8, 4) is 0 Å². The second-order valence-electron chi connectivity index (χ2n) is 5.58. The van der Waals surface area contributed by atoms with Gasteiger partial charge in [0.1, 0.15) is 0 Å². The lowest BCUT2D eigenvalue weighted by Crippen LogP contribution is -2.33. The molecule has 0 saturated heterocycles. The van der Waals surface area contributed by atoms with Crippen LogP contribution in [0.2, 0.25) is 0 Å². The van der Waals surface area contributed by atoms with Gasteiger partial charge in [0.15, 0.2) is 5.76 Å². The van der Waals surface area contributed by atoms with Gasteiger partial charge in [-0.05, 0) is 24.3 Å². The molecule has 7 heteroatoms. The smallest absolute Gasteiger partial charge is 0.286 e. The van der Waals surface area contributed by atoms with E-state index in [-0.39, 0.29) is 30.5 Å². The van der Waals surface area contributed by atoms with Crippen molar-refractivity contribution < 1.29 is 14.0 Å². The molecular weight excluding hydrogens is 308 g/mol. The van der Waals surface area contributed by atoms with Crippen LogP contribution in [0.3, 0.4) is 0 Å². The van der Waals surface area contributed by atoms with E-state index in [2.05, 4.69) is 14.9 Å². The molecule has 3 heterocycles. The second-order valence-corrected chi connectivity index (χ2v) is 5.58. The number of amides is 2. The summed E-state index contributed by atoms with van der Waals surface area (Å²) in [7, 11) is 0. The quantitative estimate of drug-likeness (QED) is 0.793. The van der Waals surface area contributed by atoms with Gasteiger partial charge in [-0.2, -0.15) is 0 Å². The molecule has 24 heavy (non-hydrogen) atoms. The van der Waals surface area contributed by atoms with Gasteiger partial charge in [0, 0.05) is 26.1 Å². The van der Waals surface area contributed by atoms with E-state index in [1.165, 1.54) is 6.26 Å². The van der Waals surface area contributed by atoms with Gasteiger partial charge in [-0.1, -0.05) is 12.1 Å². The number of hydrogen-bond acceptors (Lipinski definition) is 4. The monoisotopic (exact) mass is 324 g/mol. The molecule has 2 amide bonds. The first kappa shape index (κ1) is 14.5. The highest BCUT2D eigenvalue weighted by molar-refractivity contribution is 5.96. The Morgan fingerprint density at radius 2 is 2.04 bits per heavy atom. The van der Waals surface area contributed by atoms with E-state index >= 15 is 0 Å². The Bertz CT molecular complexity index is 898. The number of benzene rings is 1. The van der Waals surface area contributed by atoms with E-state index in [0.717, 1.165) is 17.6 Å². The number of rotatable bonds is 4. The minimum absolute atomic E-state index is 0.0520. The maximum Gasteiger partial charge on any atom is 0.286 e. The Kier molecular flexibility index (Phi) is 3.53. The predicted molar refractivity (Wildman–Crippen MR) is 87.7 cm³/mol. The zero-order chi connectivity index (χ0) is 16.5. The number of carbonyl (C=O) groups is 2. The fraction of sp³-hybridized carbons (Fsp3) is 0.235. The van der Waals surface area contributed by atoms with E-state index in [0.29, 0.717) is 12.5 Å². The van der Waals surface area contributed by atoms with Gasteiger partial charge in [-0.15, -0.1) is 0 Å². The fourth-order valence-electron chi connectivity index (χ4n) is 2.94. The average molecular weight is 324 g/mol. The van der Waals surface area contributed by atoms with Crippen molar-refractivity contribution in [3.63, 3.8) is 0 Å². The molecule has 1 aliphatic rings. The van der Waals surface area contributed by atoms with Gasteiger partial charge in [0.2, 0.25) is 11.9 Å². The number of para-hydroxylation sites is 2. The van der Waals surface area contributed by atoms with Gasteiger partial charge in [-0.25, -0.2) is 4.98 Å². The zero-order valence-corrected chi connectivity index (χ0v) is 12.9. The third kappa shape index (κ3) is 2.44. The SMILES string of the molecule is O=C(NCCC(=O)N1CCn2c1nc1ccccc12)c1ccco1. The van der Waals surface area contributed by atoms with Crippen molar-refractivity contribution in [2.24, 2.45) is 0 Å². The first-order chi connectivity index (χ1) is 11.7. The standard InChI is InChI=1S/C17H16N4O3/c22-15(7-8-18-16(23)14-6-3-11-24-14)21-10-9-20-13-5-2-1-4-12(13)19-17(20)21/h1-6,11H,7-10H2,(H,18,23). The third-order valence-electron chi connectivity index (χ3n) is 4.09. The number of carbonyl (C=O) groups excluding carboxylic acids is 2. The Labute approximate surface area is 137 Å². The van der Waals surface area contributed by atoms with Crippen LogP contribution in [0.5, 0.6) is 0 Å².